The number of nitrogens with zero attached hydrogens (tertiary/aromatic N) is 1. The molecule has 0 aliphatic rings. The number of aromatic nitrogens is 1. The monoisotopic (exact) mass is 151 g/mol. The third-order valence-electron chi connectivity index (χ3n) is 1.44. The van der Waals surface area contributed by atoms with Crippen LogP contribution in [0.3, 0.4) is 0 Å². The van der Waals surface area contributed by atoms with Gasteiger partial charge in [-0.3, -0.25) is 4.79 Å². The second-order valence-corrected chi connectivity index (χ2v) is 2.25. The van der Waals surface area contributed by atoms with Gasteiger partial charge in [-0.25, -0.2) is 4.98 Å². The predicted octanol–water partition coefficient (Wildman–Crippen LogP) is 0.0711. The SMILES string of the molecule is Cc1ccnc(C(N)=O)c1N. The van der Waals surface area contributed by atoms with E-state index in [-0.39, 0.29) is 5.69 Å². The molecule has 0 fully saturated rings. The number of pyridine rings is 1. The summed E-state index contributed by atoms with van der Waals surface area (Å²) in [7, 11) is 0. The standard InChI is InChI=1S/C7H9N3O/c1-4-2-3-10-6(5(4)8)7(9)11/h2-3H,8H2,1H3,(H2,9,11). The maximum atomic E-state index is 10.7. The van der Waals surface area contributed by atoms with Crippen LogP contribution in [0.1, 0.15) is 16.1 Å². The summed E-state index contributed by atoms with van der Waals surface area (Å²) < 4.78 is 0. The molecule has 58 valence electrons. The molecular weight excluding hydrogens is 142 g/mol. The van der Waals surface area contributed by atoms with Crippen LogP contribution in [0.5, 0.6) is 0 Å². The molecule has 1 rings (SSSR count). The average molecular weight is 151 g/mol. The van der Waals surface area contributed by atoms with Gasteiger partial charge in [0.15, 0.2) is 5.69 Å². The molecule has 1 amide bonds. The smallest absolute Gasteiger partial charge is 0.269 e. The van der Waals surface area contributed by atoms with Crippen molar-refractivity contribution in [2.24, 2.45) is 5.73 Å². The van der Waals surface area contributed by atoms with Gasteiger partial charge in [-0.15, -0.1) is 0 Å². The fourth-order valence-corrected chi connectivity index (χ4v) is 0.766. The molecule has 1 aromatic heterocycles. The fraction of sp³-hybridized carbons (Fsp3) is 0.143. The van der Waals surface area contributed by atoms with Gasteiger partial charge in [-0.05, 0) is 18.6 Å². The number of amides is 1. The van der Waals surface area contributed by atoms with E-state index in [9.17, 15) is 4.79 Å². The Bertz CT molecular complexity index is 296. The third-order valence-corrected chi connectivity index (χ3v) is 1.44. The lowest BCUT2D eigenvalue weighted by atomic mass is 10.2. The van der Waals surface area contributed by atoms with Crippen molar-refractivity contribution in [3.8, 4) is 0 Å². The first-order chi connectivity index (χ1) is 5.13. The number of nitrogen functional groups attached to an aromatic ring is 1. The number of carbonyl (C=O) groups excluding carboxylic acids is 1. The quantitative estimate of drug-likeness (QED) is 0.595. The van der Waals surface area contributed by atoms with Crippen molar-refractivity contribution in [1.82, 2.24) is 4.98 Å². The Morgan fingerprint density at radius 3 is 2.73 bits per heavy atom. The van der Waals surface area contributed by atoms with Gasteiger partial charge in [0.1, 0.15) is 0 Å². The summed E-state index contributed by atoms with van der Waals surface area (Å²) in [6, 6.07) is 1.72. The maximum Gasteiger partial charge on any atom is 0.269 e. The van der Waals surface area contributed by atoms with E-state index in [1.165, 1.54) is 6.20 Å². The number of carbonyl (C=O) groups is 1. The molecule has 0 unspecified atom stereocenters. The molecular formula is C7H9N3O. The Labute approximate surface area is 64.2 Å². The van der Waals surface area contributed by atoms with E-state index in [1.54, 1.807) is 13.0 Å². The summed E-state index contributed by atoms with van der Waals surface area (Å²) in [6.45, 7) is 1.80. The van der Waals surface area contributed by atoms with E-state index >= 15 is 0 Å². The summed E-state index contributed by atoms with van der Waals surface area (Å²) in [5.74, 6) is -0.591. The highest BCUT2D eigenvalue weighted by atomic mass is 16.1. The lowest BCUT2D eigenvalue weighted by Crippen LogP contribution is -2.16. The number of hydrogen-bond donors (Lipinski definition) is 2. The molecule has 0 aliphatic heterocycles. The van der Waals surface area contributed by atoms with Crippen molar-refractivity contribution in [3.63, 3.8) is 0 Å². The lowest BCUT2D eigenvalue weighted by molar-refractivity contribution is 0.0996. The number of primary amides is 1. The Balaban J connectivity index is 3.27. The summed E-state index contributed by atoms with van der Waals surface area (Å²) >= 11 is 0. The lowest BCUT2D eigenvalue weighted by Gasteiger charge is -2.01. The van der Waals surface area contributed by atoms with Crippen LogP contribution in [0.4, 0.5) is 5.69 Å². The van der Waals surface area contributed by atoms with Gasteiger partial charge < -0.3 is 11.5 Å². The van der Waals surface area contributed by atoms with E-state index in [0.29, 0.717) is 5.69 Å². The molecule has 4 N–H and O–H groups in total. The van der Waals surface area contributed by atoms with Crippen LogP contribution in [0.2, 0.25) is 0 Å². The van der Waals surface area contributed by atoms with Gasteiger partial charge in [-0.2, -0.15) is 0 Å². The molecule has 1 aromatic rings. The van der Waals surface area contributed by atoms with Crippen molar-refractivity contribution in [1.29, 1.82) is 0 Å². The number of anilines is 1. The normalized spacial score (nSPS) is 9.55. The Morgan fingerprint density at radius 2 is 2.27 bits per heavy atom. The molecule has 0 aliphatic carbocycles. The van der Waals surface area contributed by atoms with E-state index in [4.69, 9.17) is 11.5 Å². The van der Waals surface area contributed by atoms with E-state index in [1.807, 2.05) is 0 Å². The minimum absolute atomic E-state index is 0.144. The Kier molecular flexibility index (Phi) is 1.76. The molecule has 0 spiro atoms. The number of aryl methyl sites for hydroxylation is 1. The first kappa shape index (κ1) is 7.53. The van der Waals surface area contributed by atoms with Crippen molar-refractivity contribution in [2.45, 2.75) is 6.92 Å². The fourth-order valence-electron chi connectivity index (χ4n) is 0.766. The Morgan fingerprint density at radius 1 is 1.64 bits per heavy atom. The summed E-state index contributed by atoms with van der Waals surface area (Å²) in [5, 5.41) is 0. The van der Waals surface area contributed by atoms with Gasteiger partial charge in [-0.1, -0.05) is 0 Å². The van der Waals surface area contributed by atoms with Crippen molar-refractivity contribution in [3.05, 3.63) is 23.5 Å². The first-order valence-corrected chi connectivity index (χ1v) is 3.14. The highest BCUT2D eigenvalue weighted by Crippen LogP contribution is 2.12. The van der Waals surface area contributed by atoms with Gasteiger partial charge in [0.25, 0.3) is 5.91 Å². The second kappa shape index (κ2) is 2.57. The van der Waals surface area contributed by atoms with Crippen LogP contribution in [0.15, 0.2) is 12.3 Å². The highest BCUT2D eigenvalue weighted by molar-refractivity contribution is 5.96. The minimum atomic E-state index is -0.591. The zero-order chi connectivity index (χ0) is 8.43. The summed E-state index contributed by atoms with van der Waals surface area (Å²) in [4.78, 5) is 14.4. The molecule has 11 heavy (non-hydrogen) atoms. The maximum absolute atomic E-state index is 10.7. The van der Waals surface area contributed by atoms with E-state index < -0.39 is 5.91 Å². The zero-order valence-electron chi connectivity index (χ0n) is 6.16. The molecule has 4 nitrogen and oxygen atoms in total. The van der Waals surface area contributed by atoms with Gasteiger partial charge in [0.2, 0.25) is 0 Å². The van der Waals surface area contributed by atoms with Gasteiger partial charge in [0, 0.05) is 6.20 Å². The van der Waals surface area contributed by atoms with Crippen molar-refractivity contribution < 1.29 is 4.79 Å². The van der Waals surface area contributed by atoms with Crippen LogP contribution in [-0.4, -0.2) is 10.9 Å². The average Bonchev–Trinajstić information content (AvgIpc) is 1.94. The second-order valence-electron chi connectivity index (χ2n) is 2.25. The zero-order valence-corrected chi connectivity index (χ0v) is 6.16. The molecule has 0 radical (unpaired) electrons. The molecule has 0 aromatic carbocycles. The van der Waals surface area contributed by atoms with Crippen molar-refractivity contribution >= 4 is 11.6 Å². The predicted molar refractivity (Wildman–Crippen MR) is 41.9 cm³/mol. The minimum Gasteiger partial charge on any atom is -0.397 e. The van der Waals surface area contributed by atoms with Crippen molar-refractivity contribution in [2.75, 3.05) is 5.73 Å². The number of rotatable bonds is 1. The molecule has 0 bridgehead atoms. The summed E-state index contributed by atoms with van der Waals surface area (Å²) in [6.07, 6.45) is 1.51. The van der Waals surface area contributed by atoms with Crippen LogP contribution >= 0.6 is 0 Å². The van der Waals surface area contributed by atoms with Crippen LogP contribution in [0.25, 0.3) is 0 Å². The van der Waals surface area contributed by atoms with E-state index in [0.717, 1.165) is 5.56 Å². The Hall–Kier alpha value is -1.58. The molecule has 0 saturated heterocycles. The van der Waals surface area contributed by atoms with Gasteiger partial charge in [0.05, 0.1) is 5.69 Å². The third kappa shape index (κ3) is 1.29. The van der Waals surface area contributed by atoms with Crippen LogP contribution in [-0.2, 0) is 0 Å². The topological polar surface area (TPSA) is 82.0 Å². The molecule has 4 heteroatoms. The highest BCUT2D eigenvalue weighted by Gasteiger charge is 2.07. The van der Waals surface area contributed by atoms with Crippen LogP contribution in [0, 0.1) is 6.92 Å². The molecule has 1 heterocycles. The first-order valence-electron chi connectivity index (χ1n) is 3.14. The number of nitrogens with two attached hydrogens (primary N) is 2. The van der Waals surface area contributed by atoms with E-state index in [2.05, 4.69) is 4.98 Å². The number of hydrogen-bond acceptors (Lipinski definition) is 3. The van der Waals surface area contributed by atoms with Crippen LogP contribution < -0.4 is 11.5 Å². The molecule has 0 atom stereocenters. The van der Waals surface area contributed by atoms with Gasteiger partial charge >= 0.3 is 0 Å². The summed E-state index contributed by atoms with van der Waals surface area (Å²) in [5.41, 5.74) is 11.8. The molecule has 0 saturated carbocycles. The largest absolute Gasteiger partial charge is 0.397 e.